The second-order valence-corrected chi connectivity index (χ2v) is 8.91. The molecule has 0 unspecified atom stereocenters. The fraction of sp³-hybridized carbons (Fsp3) is 0.250. The van der Waals surface area contributed by atoms with Crippen molar-refractivity contribution in [2.45, 2.75) is 24.3 Å². The van der Waals surface area contributed by atoms with E-state index in [1.165, 1.54) is 18.3 Å². The molecule has 0 fully saturated rings. The van der Waals surface area contributed by atoms with Gasteiger partial charge >= 0.3 is 6.09 Å². The minimum Gasteiger partial charge on any atom is -0.465 e. The van der Waals surface area contributed by atoms with Crippen LogP contribution in [0.1, 0.15) is 25.1 Å². The van der Waals surface area contributed by atoms with Gasteiger partial charge in [-0.1, -0.05) is 19.1 Å². The lowest BCUT2D eigenvalue weighted by Crippen LogP contribution is -2.27. The molecular formula is C20H21N3O5S. The van der Waals surface area contributed by atoms with Gasteiger partial charge in [0.25, 0.3) is 0 Å². The van der Waals surface area contributed by atoms with E-state index < -0.39 is 27.9 Å². The van der Waals surface area contributed by atoms with Crippen LogP contribution in [0.15, 0.2) is 53.6 Å². The minimum absolute atomic E-state index is 0.115. The number of fused-ring (bicyclic) bond motifs is 4. The summed E-state index contributed by atoms with van der Waals surface area (Å²) >= 11 is 0. The van der Waals surface area contributed by atoms with Gasteiger partial charge in [-0.2, -0.15) is 0 Å². The molecule has 0 aliphatic carbocycles. The third-order valence-electron chi connectivity index (χ3n) is 4.63. The molecule has 1 aliphatic heterocycles. The lowest BCUT2D eigenvalue weighted by Gasteiger charge is -2.19. The second-order valence-electron chi connectivity index (χ2n) is 6.89. The highest BCUT2D eigenvalue weighted by molar-refractivity contribution is 7.90. The summed E-state index contributed by atoms with van der Waals surface area (Å²) in [5.74, 6) is -0.721. The van der Waals surface area contributed by atoms with Crippen molar-refractivity contribution in [3.8, 4) is 11.1 Å². The lowest BCUT2D eigenvalue weighted by atomic mass is 9.99. The van der Waals surface area contributed by atoms with Crippen molar-refractivity contribution in [2.75, 3.05) is 11.6 Å². The van der Waals surface area contributed by atoms with Gasteiger partial charge in [-0.15, -0.1) is 0 Å². The highest BCUT2D eigenvalue weighted by atomic mass is 32.2. The van der Waals surface area contributed by atoms with Crippen LogP contribution in [0.2, 0.25) is 0 Å². The molecule has 2 amide bonds. The maximum atomic E-state index is 12.6. The zero-order valence-electron chi connectivity index (χ0n) is 15.9. The number of carbonyl (C=O) groups excluding carboxylic acids is 1. The number of nitrogens with zero attached hydrogens (tertiary/aromatic N) is 1. The molecule has 0 saturated heterocycles. The Balaban J connectivity index is 2.21. The molecular weight excluding hydrogens is 394 g/mol. The highest BCUT2D eigenvalue weighted by Crippen LogP contribution is 2.33. The number of rotatable bonds is 2. The zero-order valence-corrected chi connectivity index (χ0v) is 16.7. The van der Waals surface area contributed by atoms with E-state index in [0.29, 0.717) is 28.9 Å². The summed E-state index contributed by atoms with van der Waals surface area (Å²) in [4.78, 5) is 28.2. The number of nitrogens with one attached hydrogen (secondary N) is 2. The Morgan fingerprint density at radius 2 is 2.03 bits per heavy atom. The average molecular weight is 415 g/mol. The zero-order chi connectivity index (χ0) is 21.2. The van der Waals surface area contributed by atoms with Crippen LogP contribution in [0.4, 0.5) is 10.5 Å². The number of sulfone groups is 1. The van der Waals surface area contributed by atoms with E-state index in [-0.39, 0.29) is 10.8 Å². The summed E-state index contributed by atoms with van der Waals surface area (Å²) < 4.78 is 24.1. The van der Waals surface area contributed by atoms with Crippen LogP contribution in [0.5, 0.6) is 0 Å². The van der Waals surface area contributed by atoms with E-state index in [0.717, 1.165) is 6.26 Å². The Hall–Kier alpha value is -3.20. The van der Waals surface area contributed by atoms with Crippen molar-refractivity contribution in [1.29, 1.82) is 0 Å². The Kier molecular flexibility index (Phi) is 5.69. The Morgan fingerprint density at radius 3 is 2.72 bits per heavy atom. The predicted molar refractivity (Wildman–Crippen MR) is 108 cm³/mol. The van der Waals surface area contributed by atoms with Gasteiger partial charge < -0.3 is 15.7 Å². The normalized spacial score (nSPS) is 20.4. The number of amides is 2. The van der Waals surface area contributed by atoms with Crippen molar-refractivity contribution in [1.82, 2.24) is 10.3 Å². The summed E-state index contributed by atoms with van der Waals surface area (Å²) in [7, 11) is -3.46. The number of aromatic nitrogens is 1. The van der Waals surface area contributed by atoms with Gasteiger partial charge in [-0.05, 0) is 42.3 Å². The van der Waals surface area contributed by atoms with E-state index in [2.05, 4.69) is 15.6 Å². The maximum Gasteiger partial charge on any atom is 0.405 e. The van der Waals surface area contributed by atoms with E-state index in [1.54, 1.807) is 37.3 Å². The Bertz CT molecular complexity index is 1100. The number of anilines is 1. The van der Waals surface area contributed by atoms with Crippen molar-refractivity contribution in [3.05, 3.63) is 54.4 Å². The van der Waals surface area contributed by atoms with Gasteiger partial charge in [-0.25, -0.2) is 13.2 Å². The SMILES string of the molecule is C[C@@H]1/C=C/C[C@H](NC(=O)O)c2cc(ccn2)-c2cc(S(C)(=O)=O)ccc2NC1=O. The molecule has 2 atom stereocenters. The van der Waals surface area contributed by atoms with Crippen LogP contribution in [-0.2, 0) is 14.6 Å². The summed E-state index contributed by atoms with van der Waals surface area (Å²) in [6.07, 6.45) is 5.21. The number of hydrogen-bond donors (Lipinski definition) is 3. The molecule has 0 spiro atoms. The number of carboxylic acid groups (broad SMARTS) is 1. The molecule has 8 nitrogen and oxygen atoms in total. The summed E-state index contributed by atoms with van der Waals surface area (Å²) in [6, 6.07) is 7.26. The van der Waals surface area contributed by atoms with E-state index in [9.17, 15) is 18.0 Å². The monoisotopic (exact) mass is 415 g/mol. The summed E-state index contributed by atoms with van der Waals surface area (Å²) in [5, 5.41) is 14.4. The third-order valence-corrected chi connectivity index (χ3v) is 5.74. The molecule has 3 rings (SSSR count). The topological polar surface area (TPSA) is 125 Å². The van der Waals surface area contributed by atoms with Crippen LogP contribution >= 0.6 is 0 Å². The molecule has 152 valence electrons. The van der Waals surface area contributed by atoms with Crippen LogP contribution in [-0.4, -0.2) is 36.8 Å². The van der Waals surface area contributed by atoms with Gasteiger partial charge in [0, 0.05) is 23.7 Å². The number of benzene rings is 1. The molecule has 1 aromatic carbocycles. The molecule has 0 saturated carbocycles. The quantitative estimate of drug-likeness (QED) is 0.648. The highest BCUT2D eigenvalue weighted by Gasteiger charge is 2.20. The fourth-order valence-corrected chi connectivity index (χ4v) is 3.71. The van der Waals surface area contributed by atoms with Crippen molar-refractivity contribution in [3.63, 3.8) is 0 Å². The van der Waals surface area contributed by atoms with Crippen molar-refractivity contribution in [2.24, 2.45) is 5.92 Å². The molecule has 3 N–H and O–H groups in total. The third kappa shape index (κ3) is 4.80. The predicted octanol–water partition coefficient (Wildman–Crippen LogP) is 3.00. The number of hydrogen-bond acceptors (Lipinski definition) is 5. The molecule has 2 heterocycles. The van der Waals surface area contributed by atoms with Gasteiger partial charge in [0.2, 0.25) is 5.91 Å². The molecule has 0 radical (unpaired) electrons. The van der Waals surface area contributed by atoms with Crippen LogP contribution in [0.25, 0.3) is 11.1 Å². The van der Waals surface area contributed by atoms with Gasteiger partial charge in [0.15, 0.2) is 9.84 Å². The first-order valence-electron chi connectivity index (χ1n) is 8.92. The maximum absolute atomic E-state index is 12.6. The standard InChI is InChI=1S/C20H21N3O5S/c1-12-4-3-5-17(23-20(25)26)18-10-13(8-9-21-18)15-11-14(29(2,27)28)6-7-16(15)22-19(12)24/h3-4,6-12,17,23H,5H2,1-2H3,(H,22,24)(H,25,26)/b4-3+/t12-,17+/m1/s1. The second kappa shape index (κ2) is 8.04. The van der Waals surface area contributed by atoms with Gasteiger partial charge in [-0.3, -0.25) is 9.78 Å². The van der Waals surface area contributed by atoms with E-state index in [4.69, 9.17) is 5.11 Å². The summed E-state index contributed by atoms with van der Waals surface area (Å²) in [5.41, 5.74) is 2.08. The number of carbonyl (C=O) groups is 2. The largest absolute Gasteiger partial charge is 0.465 e. The molecule has 2 bridgehead atoms. The van der Waals surface area contributed by atoms with E-state index >= 15 is 0 Å². The van der Waals surface area contributed by atoms with Crippen LogP contribution in [0.3, 0.4) is 0 Å². The molecule has 1 aliphatic rings. The average Bonchev–Trinajstić information content (AvgIpc) is 2.65. The first-order valence-corrected chi connectivity index (χ1v) is 10.8. The molecule has 2 aromatic rings. The molecule has 29 heavy (non-hydrogen) atoms. The first-order chi connectivity index (χ1) is 13.6. The minimum atomic E-state index is -3.46. The molecule has 1 aromatic heterocycles. The summed E-state index contributed by atoms with van der Waals surface area (Å²) in [6.45, 7) is 1.72. The Labute approximate surface area is 168 Å². The van der Waals surface area contributed by atoms with Crippen molar-refractivity contribution < 1.29 is 23.1 Å². The van der Waals surface area contributed by atoms with Gasteiger partial charge in [0.05, 0.1) is 22.5 Å². The first kappa shape index (κ1) is 20.5. The van der Waals surface area contributed by atoms with Crippen LogP contribution < -0.4 is 10.6 Å². The van der Waals surface area contributed by atoms with Crippen molar-refractivity contribution >= 4 is 27.5 Å². The Morgan fingerprint density at radius 1 is 1.28 bits per heavy atom. The fourth-order valence-electron chi connectivity index (χ4n) is 3.06. The smallest absolute Gasteiger partial charge is 0.405 e. The molecule has 9 heteroatoms. The van der Waals surface area contributed by atoms with Crippen LogP contribution in [0, 0.1) is 5.92 Å². The number of pyridine rings is 1. The lowest BCUT2D eigenvalue weighted by molar-refractivity contribution is -0.118. The van der Waals surface area contributed by atoms with Gasteiger partial charge in [0.1, 0.15) is 0 Å². The van der Waals surface area contributed by atoms with E-state index in [1.807, 2.05) is 0 Å².